The average molecular weight is 362 g/mol. The van der Waals surface area contributed by atoms with Gasteiger partial charge in [-0.1, -0.05) is 11.6 Å². The van der Waals surface area contributed by atoms with Crippen molar-refractivity contribution in [2.45, 2.75) is 45.6 Å². The molecular formula is C18H23FN4OS. The molecule has 1 amide bonds. The summed E-state index contributed by atoms with van der Waals surface area (Å²) in [6, 6.07) is 4.89. The number of aryl methyl sites for hydroxylation is 1. The zero-order chi connectivity index (χ0) is 18.1. The van der Waals surface area contributed by atoms with Crippen LogP contribution in [0.4, 0.5) is 4.39 Å². The van der Waals surface area contributed by atoms with Gasteiger partial charge in [0.25, 0.3) is 5.91 Å². The van der Waals surface area contributed by atoms with Crippen molar-refractivity contribution >= 4 is 18.1 Å². The number of carbonyl (C=O) groups excluding carboxylic acids is 1. The molecule has 2 aromatic rings. The summed E-state index contributed by atoms with van der Waals surface area (Å²) in [5.41, 5.74) is 1.04. The number of halogens is 1. The van der Waals surface area contributed by atoms with Crippen molar-refractivity contribution in [2.24, 2.45) is 0 Å². The van der Waals surface area contributed by atoms with E-state index in [0.29, 0.717) is 17.9 Å². The van der Waals surface area contributed by atoms with Gasteiger partial charge in [-0.25, -0.2) is 4.39 Å². The number of amides is 1. The molecule has 1 N–H and O–H groups in total. The second-order valence-corrected chi connectivity index (χ2v) is 7.29. The quantitative estimate of drug-likeness (QED) is 0.840. The van der Waals surface area contributed by atoms with Gasteiger partial charge in [-0.3, -0.25) is 9.89 Å². The van der Waals surface area contributed by atoms with Crippen molar-refractivity contribution in [3.8, 4) is 0 Å². The highest BCUT2D eigenvalue weighted by atomic mass is 32.1. The summed E-state index contributed by atoms with van der Waals surface area (Å²) >= 11 is 5.31. The van der Waals surface area contributed by atoms with Gasteiger partial charge in [0, 0.05) is 25.0 Å². The van der Waals surface area contributed by atoms with E-state index in [1.165, 1.54) is 6.07 Å². The molecule has 0 unspecified atom stereocenters. The molecule has 7 heteroatoms. The molecule has 25 heavy (non-hydrogen) atoms. The zero-order valence-electron chi connectivity index (χ0n) is 14.8. The van der Waals surface area contributed by atoms with Gasteiger partial charge < -0.3 is 9.47 Å². The minimum Gasteiger partial charge on any atom is -0.339 e. The molecule has 1 aliphatic rings. The van der Waals surface area contributed by atoms with Crippen LogP contribution < -0.4 is 0 Å². The molecule has 3 rings (SSSR count). The van der Waals surface area contributed by atoms with E-state index in [-0.39, 0.29) is 23.4 Å². The Kier molecular flexibility index (Phi) is 5.03. The minimum atomic E-state index is -0.460. The lowest BCUT2D eigenvalue weighted by Crippen LogP contribution is -2.38. The van der Waals surface area contributed by atoms with Crippen LogP contribution in [0.1, 0.15) is 60.4 Å². The maximum absolute atomic E-state index is 14.0. The van der Waals surface area contributed by atoms with Crippen LogP contribution in [0.5, 0.6) is 0 Å². The molecule has 0 atom stereocenters. The smallest absolute Gasteiger partial charge is 0.256 e. The lowest BCUT2D eigenvalue weighted by molar-refractivity contribution is 0.0705. The molecule has 1 aromatic heterocycles. The number of H-pyrrole nitrogens is 1. The first-order chi connectivity index (χ1) is 11.9. The Labute approximate surface area is 151 Å². The number of likely N-dealkylation sites (tertiary alicyclic amines) is 1. The summed E-state index contributed by atoms with van der Waals surface area (Å²) in [7, 11) is 0. The van der Waals surface area contributed by atoms with Gasteiger partial charge in [0.15, 0.2) is 4.77 Å². The van der Waals surface area contributed by atoms with E-state index < -0.39 is 5.82 Å². The standard InChI is InChI=1S/C18H23FN4OS/c1-11(2)23-16(20-21-18(23)25)13-6-8-22(9-7-13)17(24)14-10-12(3)4-5-15(14)19/h4-5,10-11,13H,6-9H2,1-3H3,(H,21,25). The molecule has 2 heterocycles. The maximum atomic E-state index is 14.0. The largest absolute Gasteiger partial charge is 0.339 e. The van der Waals surface area contributed by atoms with E-state index in [2.05, 4.69) is 24.0 Å². The van der Waals surface area contributed by atoms with Crippen LogP contribution in [0, 0.1) is 17.5 Å². The topological polar surface area (TPSA) is 53.9 Å². The normalized spacial score (nSPS) is 15.8. The van der Waals surface area contributed by atoms with Crippen molar-refractivity contribution in [1.29, 1.82) is 0 Å². The van der Waals surface area contributed by atoms with Crippen LogP contribution in [-0.4, -0.2) is 38.7 Å². The maximum Gasteiger partial charge on any atom is 0.256 e. The Hall–Kier alpha value is -2.02. The second kappa shape index (κ2) is 7.07. The molecule has 1 aliphatic heterocycles. The van der Waals surface area contributed by atoms with Gasteiger partial charge in [0.05, 0.1) is 5.56 Å². The van der Waals surface area contributed by atoms with Gasteiger partial charge >= 0.3 is 0 Å². The summed E-state index contributed by atoms with van der Waals surface area (Å²) in [6.45, 7) is 7.20. The van der Waals surface area contributed by atoms with Crippen LogP contribution in [-0.2, 0) is 0 Å². The Balaban J connectivity index is 1.73. The molecule has 0 aliphatic carbocycles. The van der Waals surface area contributed by atoms with Crippen LogP contribution >= 0.6 is 12.2 Å². The fourth-order valence-electron chi connectivity index (χ4n) is 3.42. The van der Waals surface area contributed by atoms with Gasteiger partial charge in [-0.15, -0.1) is 0 Å². The first-order valence-electron chi connectivity index (χ1n) is 8.60. The lowest BCUT2D eigenvalue weighted by Gasteiger charge is -2.32. The SMILES string of the molecule is Cc1ccc(F)c(C(=O)N2CCC(c3n[nH]c(=S)n3C(C)C)CC2)c1. The van der Waals surface area contributed by atoms with Crippen molar-refractivity contribution in [1.82, 2.24) is 19.7 Å². The van der Waals surface area contributed by atoms with Gasteiger partial charge in [-0.05, 0) is 58.0 Å². The summed E-state index contributed by atoms with van der Waals surface area (Å²) in [5, 5.41) is 7.27. The van der Waals surface area contributed by atoms with Gasteiger partial charge in [0.1, 0.15) is 11.6 Å². The molecule has 0 bridgehead atoms. The Morgan fingerprint density at radius 2 is 2.04 bits per heavy atom. The van der Waals surface area contributed by atoms with Gasteiger partial charge in [-0.2, -0.15) is 5.10 Å². The number of hydrogen-bond acceptors (Lipinski definition) is 3. The number of carbonyl (C=O) groups is 1. The van der Waals surface area contributed by atoms with E-state index >= 15 is 0 Å². The third-order valence-corrected chi connectivity index (χ3v) is 5.04. The second-order valence-electron chi connectivity index (χ2n) is 6.90. The summed E-state index contributed by atoms with van der Waals surface area (Å²) < 4.78 is 16.7. The fraction of sp³-hybridized carbons (Fsp3) is 0.500. The molecule has 1 fully saturated rings. The Morgan fingerprint density at radius 3 is 2.68 bits per heavy atom. The predicted molar refractivity (Wildman–Crippen MR) is 96.8 cm³/mol. The van der Waals surface area contributed by atoms with Crippen LogP contribution in [0.2, 0.25) is 0 Å². The first kappa shape index (κ1) is 17.8. The number of rotatable bonds is 3. The molecule has 1 saturated heterocycles. The summed E-state index contributed by atoms with van der Waals surface area (Å²) in [4.78, 5) is 14.4. The number of benzene rings is 1. The number of aromatic amines is 1. The predicted octanol–water partition coefficient (Wildman–Crippen LogP) is 3.99. The van der Waals surface area contributed by atoms with Crippen LogP contribution in [0.15, 0.2) is 18.2 Å². The van der Waals surface area contributed by atoms with Crippen molar-refractivity contribution in [2.75, 3.05) is 13.1 Å². The molecule has 134 valence electrons. The number of hydrogen-bond donors (Lipinski definition) is 1. The Morgan fingerprint density at radius 1 is 1.36 bits per heavy atom. The van der Waals surface area contributed by atoms with Crippen LogP contribution in [0.3, 0.4) is 0 Å². The Bertz CT molecular complexity index is 834. The van der Waals surface area contributed by atoms with Gasteiger partial charge in [0.2, 0.25) is 0 Å². The highest BCUT2D eigenvalue weighted by molar-refractivity contribution is 7.71. The molecule has 0 spiro atoms. The number of nitrogens with one attached hydrogen (secondary N) is 1. The number of nitrogens with zero attached hydrogens (tertiary/aromatic N) is 3. The molecule has 1 aromatic carbocycles. The summed E-state index contributed by atoms with van der Waals surface area (Å²) in [6.07, 6.45) is 1.59. The zero-order valence-corrected chi connectivity index (χ0v) is 15.6. The van der Waals surface area contributed by atoms with E-state index in [1.54, 1.807) is 17.0 Å². The third kappa shape index (κ3) is 3.51. The fourth-order valence-corrected chi connectivity index (χ4v) is 3.77. The highest BCUT2D eigenvalue weighted by Gasteiger charge is 2.29. The van der Waals surface area contributed by atoms with E-state index in [9.17, 15) is 9.18 Å². The van der Waals surface area contributed by atoms with Crippen LogP contribution in [0.25, 0.3) is 0 Å². The first-order valence-corrected chi connectivity index (χ1v) is 9.01. The number of piperidine rings is 1. The minimum absolute atomic E-state index is 0.156. The highest BCUT2D eigenvalue weighted by Crippen LogP contribution is 2.29. The summed E-state index contributed by atoms with van der Waals surface area (Å²) in [5.74, 6) is 0.511. The average Bonchev–Trinajstić information content (AvgIpc) is 2.98. The van der Waals surface area contributed by atoms with E-state index in [0.717, 1.165) is 24.2 Å². The number of aromatic nitrogens is 3. The van der Waals surface area contributed by atoms with Crippen molar-refractivity contribution < 1.29 is 9.18 Å². The third-order valence-electron chi connectivity index (χ3n) is 4.75. The molecular weight excluding hydrogens is 339 g/mol. The van der Waals surface area contributed by atoms with Crippen molar-refractivity contribution in [3.63, 3.8) is 0 Å². The van der Waals surface area contributed by atoms with E-state index in [4.69, 9.17) is 12.2 Å². The lowest BCUT2D eigenvalue weighted by atomic mass is 9.95. The van der Waals surface area contributed by atoms with Crippen molar-refractivity contribution in [3.05, 3.63) is 45.7 Å². The monoisotopic (exact) mass is 362 g/mol. The molecule has 5 nitrogen and oxygen atoms in total. The molecule has 0 radical (unpaired) electrons. The molecule has 0 saturated carbocycles. The van der Waals surface area contributed by atoms with E-state index in [1.807, 2.05) is 11.5 Å².